The molecule has 10 heteroatoms. The molecule has 180 valence electrons. The number of unbranched alkanes of at least 4 members (excludes halogenated alkanes) is 1. The minimum atomic E-state index is -1.08. The van der Waals surface area contributed by atoms with Crippen LogP contribution >= 0.6 is 0 Å². The minimum absolute atomic E-state index is 0.00654. The fourth-order valence-electron chi connectivity index (χ4n) is 3.76. The molecular formula is C23H34N6O4. The van der Waals surface area contributed by atoms with Crippen LogP contribution in [-0.2, 0) is 14.4 Å². The van der Waals surface area contributed by atoms with Crippen LogP contribution in [-0.4, -0.2) is 59.9 Å². The molecule has 0 saturated carbocycles. The molecule has 0 aliphatic carbocycles. The summed E-state index contributed by atoms with van der Waals surface area (Å²) in [6, 6.07) is 7.03. The van der Waals surface area contributed by atoms with Crippen molar-refractivity contribution in [2.24, 2.45) is 11.5 Å². The van der Waals surface area contributed by atoms with Crippen molar-refractivity contribution in [1.82, 2.24) is 16.0 Å². The van der Waals surface area contributed by atoms with Gasteiger partial charge in [0.05, 0.1) is 12.1 Å². The molecule has 0 fully saturated rings. The molecule has 4 unspecified atom stereocenters. The highest BCUT2D eigenvalue weighted by Gasteiger charge is 2.27. The Hall–Kier alpha value is -3.24. The number of nitrogens with two attached hydrogens (primary N) is 2. The standard InChI is InChI=1S/C23H34N6O4/c1-14(15-7-3-2-4-8-15)19(23(32)33)29-18(30)9-5-6-11-28-22(31)17(24)13-16-10-12-27-20(16)21(25)26/h2-4,7-8,10,14,17,19-20,27H,5-6,9,11-13,24H2,1H3,(H3,25,26)(H,28,31)(H,29,30)(H,32,33). The van der Waals surface area contributed by atoms with E-state index in [1.54, 1.807) is 6.92 Å². The van der Waals surface area contributed by atoms with Gasteiger partial charge in [0.15, 0.2) is 0 Å². The quantitative estimate of drug-likeness (QED) is 0.0952. The molecule has 2 amide bonds. The summed E-state index contributed by atoms with van der Waals surface area (Å²) in [6.07, 6.45) is 3.40. The Kier molecular flexibility index (Phi) is 10.0. The fourth-order valence-corrected chi connectivity index (χ4v) is 3.76. The van der Waals surface area contributed by atoms with Crippen LogP contribution in [0.5, 0.6) is 0 Å². The zero-order chi connectivity index (χ0) is 24.4. The van der Waals surface area contributed by atoms with Gasteiger partial charge in [0.2, 0.25) is 11.8 Å². The SMILES string of the molecule is CC(c1ccccc1)C(NC(=O)CCCCNC(=O)C(N)CC1=CCNC1C(=N)N)C(=O)O. The first kappa shape index (κ1) is 26.0. The first-order valence-electron chi connectivity index (χ1n) is 11.1. The van der Waals surface area contributed by atoms with Gasteiger partial charge in [-0.25, -0.2) is 4.79 Å². The van der Waals surface area contributed by atoms with Crippen LogP contribution in [0.3, 0.4) is 0 Å². The van der Waals surface area contributed by atoms with E-state index in [9.17, 15) is 19.5 Å². The van der Waals surface area contributed by atoms with Crippen LogP contribution in [0, 0.1) is 5.41 Å². The number of carboxylic acids is 1. The second-order valence-corrected chi connectivity index (χ2v) is 8.22. The molecule has 1 aromatic carbocycles. The average molecular weight is 459 g/mol. The van der Waals surface area contributed by atoms with Crippen molar-refractivity contribution in [3.8, 4) is 0 Å². The lowest BCUT2D eigenvalue weighted by Crippen LogP contribution is -2.44. The van der Waals surface area contributed by atoms with Crippen LogP contribution in [0.2, 0.25) is 0 Å². The first-order chi connectivity index (χ1) is 15.7. The molecule has 1 aliphatic heterocycles. The molecular weight excluding hydrogens is 424 g/mol. The Morgan fingerprint density at radius 3 is 2.58 bits per heavy atom. The summed E-state index contributed by atoms with van der Waals surface area (Å²) in [5.74, 6) is -2.11. The molecule has 0 spiro atoms. The van der Waals surface area contributed by atoms with E-state index >= 15 is 0 Å². The molecule has 9 N–H and O–H groups in total. The van der Waals surface area contributed by atoms with E-state index in [0.29, 0.717) is 32.4 Å². The zero-order valence-electron chi connectivity index (χ0n) is 18.8. The molecule has 0 aromatic heterocycles. The highest BCUT2D eigenvalue weighted by Crippen LogP contribution is 2.19. The van der Waals surface area contributed by atoms with E-state index < -0.39 is 18.1 Å². The Balaban J connectivity index is 1.69. The normalized spacial score (nSPS) is 18.0. The van der Waals surface area contributed by atoms with Gasteiger partial charge >= 0.3 is 5.97 Å². The van der Waals surface area contributed by atoms with Crippen molar-refractivity contribution in [2.75, 3.05) is 13.1 Å². The summed E-state index contributed by atoms with van der Waals surface area (Å²) >= 11 is 0. The highest BCUT2D eigenvalue weighted by atomic mass is 16.4. The first-order valence-corrected chi connectivity index (χ1v) is 11.1. The van der Waals surface area contributed by atoms with Crippen molar-refractivity contribution in [1.29, 1.82) is 5.41 Å². The predicted molar refractivity (Wildman–Crippen MR) is 126 cm³/mol. The molecule has 0 bridgehead atoms. The number of nitrogens with one attached hydrogen (secondary N) is 4. The maximum atomic E-state index is 12.3. The molecule has 1 heterocycles. The second-order valence-electron chi connectivity index (χ2n) is 8.22. The molecule has 33 heavy (non-hydrogen) atoms. The van der Waals surface area contributed by atoms with Crippen LogP contribution in [0.1, 0.15) is 44.1 Å². The van der Waals surface area contributed by atoms with E-state index in [0.717, 1.165) is 11.1 Å². The number of benzene rings is 1. The lowest BCUT2D eigenvalue weighted by atomic mass is 9.93. The van der Waals surface area contributed by atoms with E-state index in [-0.39, 0.29) is 36.0 Å². The number of aliphatic carboxylic acids is 1. The molecule has 1 aliphatic rings. The Morgan fingerprint density at radius 2 is 1.94 bits per heavy atom. The average Bonchev–Trinajstić information content (AvgIpc) is 3.25. The molecule has 2 rings (SSSR count). The molecule has 4 atom stereocenters. The van der Waals surface area contributed by atoms with E-state index in [1.165, 1.54) is 0 Å². The maximum Gasteiger partial charge on any atom is 0.326 e. The summed E-state index contributed by atoms with van der Waals surface area (Å²) < 4.78 is 0. The van der Waals surface area contributed by atoms with E-state index in [4.69, 9.17) is 16.9 Å². The number of carboxylic acid groups (broad SMARTS) is 1. The van der Waals surface area contributed by atoms with Crippen molar-refractivity contribution < 1.29 is 19.5 Å². The third kappa shape index (κ3) is 7.99. The van der Waals surface area contributed by atoms with Gasteiger partial charge in [-0.15, -0.1) is 0 Å². The lowest BCUT2D eigenvalue weighted by molar-refractivity contribution is -0.142. The maximum absolute atomic E-state index is 12.3. The number of amidine groups is 1. The molecule has 0 radical (unpaired) electrons. The number of carbonyl (C=O) groups excluding carboxylic acids is 2. The van der Waals surface area contributed by atoms with Crippen molar-refractivity contribution >= 4 is 23.6 Å². The van der Waals surface area contributed by atoms with Crippen LogP contribution in [0.15, 0.2) is 42.0 Å². The largest absolute Gasteiger partial charge is 0.480 e. The molecule has 0 saturated heterocycles. The van der Waals surface area contributed by atoms with Gasteiger partial charge in [-0.05, 0) is 30.4 Å². The highest BCUT2D eigenvalue weighted by molar-refractivity contribution is 5.87. The second kappa shape index (κ2) is 12.7. The summed E-state index contributed by atoms with van der Waals surface area (Å²) in [6.45, 7) is 2.71. The third-order valence-electron chi connectivity index (χ3n) is 5.70. The summed E-state index contributed by atoms with van der Waals surface area (Å²) in [5.41, 5.74) is 13.2. The fraction of sp³-hybridized carbons (Fsp3) is 0.478. The van der Waals surface area contributed by atoms with E-state index in [2.05, 4.69) is 16.0 Å². The smallest absolute Gasteiger partial charge is 0.326 e. The van der Waals surface area contributed by atoms with Gasteiger partial charge in [-0.3, -0.25) is 15.0 Å². The van der Waals surface area contributed by atoms with Gasteiger partial charge in [-0.2, -0.15) is 0 Å². The van der Waals surface area contributed by atoms with Crippen LogP contribution in [0.25, 0.3) is 0 Å². The van der Waals surface area contributed by atoms with Gasteiger partial charge < -0.3 is 32.5 Å². The zero-order valence-corrected chi connectivity index (χ0v) is 18.8. The lowest BCUT2D eigenvalue weighted by Gasteiger charge is -2.22. The van der Waals surface area contributed by atoms with Gasteiger partial charge in [0, 0.05) is 25.4 Å². The van der Waals surface area contributed by atoms with Gasteiger partial charge in [0.25, 0.3) is 0 Å². The number of carbonyl (C=O) groups is 3. The summed E-state index contributed by atoms with van der Waals surface area (Å²) in [7, 11) is 0. The Morgan fingerprint density at radius 1 is 1.24 bits per heavy atom. The van der Waals surface area contributed by atoms with Crippen LogP contribution in [0.4, 0.5) is 0 Å². The number of rotatable bonds is 13. The number of amides is 2. The topological polar surface area (TPSA) is 183 Å². The minimum Gasteiger partial charge on any atom is -0.480 e. The molecule has 1 aromatic rings. The third-order valence-corrected chi connectivity index (χ3v) is 5.70. The number of hydrogen-bond acceptors (Lipinski definition) is 6. The van der Waals surface area contributed by atoms with E-state index in [1.807, 2.05) is 36.4 Å². The Labute approximate surface area is 193 Å². The Bertz CT molecular complexity index is 873. The molecule has 10 nitrogen and oxygen atoms in total. The van der Waals surface area contributed by atoms with Gasteiger partial charge in [0.1, 0.15) is 11.9 Å². The van der Waals surface area contributed by atoms with Crippen LogP contribution < -0.4 is 27.4 Å². The van der Waals surface area contributed by atoms with Crippen molar-refractivity contribution in [2.45, 2.75) is 56.7 Å². The summed E-state index contributed by atoms with van der Waals surface area (Å²) in [4.78, 5) is 36.1. The predicted octanol–water partition coefficient (Wildman–Crippen LogP) is 0.198. The summed E-state index contributed by atoms with van der Waals surface area (Å²) in [5, 5.41) is 25.5. The number of hydrogen-bond donors (Lipinski definition) is 7. The van der Waals surface area contributed by atoms with Crippen molar-refractivity contribution in [3.63, 3.8) is 0 Å². The monoisotopic (exact) mass is 458 g/mol. The van der Waals surface area contributed by atoms with Crippen molar-refractivity contribution in [3.05, 3.63) is 47.5 Å². The van der Waals surface area contributed by atoms with Gasteiger partial charge in [-0.1, -0.05) is 43.3 Å².